The highest BCUT2D eigenvalue weighted by atomic mass is 15.1. The zero-order chi connectivity index (χ0) is 7.19. The van der Waals surface area contributed by atoms with E-state index in [9.17, 15) is 0 Å². The predicted octanol–water partition coefficient (Wildman–Crippen LogP) is 0.891. The number of H-pyrrole nitrogens is 1. The molecule has 1 saturated carbocycles. The Morgan fingerprint density at radius 3 is 2.70 bits per heavy atom. The molecule has 0 radical (unpaired) electrons. The lowest BCUT2D eigenvalue weighted by Gasteiger charge is -1.99. The Balaban J connectivity index is 2.42. The third-order valence-electron chi connectivity index (χ3n) is 2.44. The van der Waals surface area contributed by atoms with Crippen LogP contribution < -0.4 is 4.57 Å². The summed E-state index contributed by atoms with van der Waals surface area (Å²) in [6.07, 6.45) is 6.74. The number of rotatable bonds is 1. The Morgan fingerprint density at radius 2 is 2.30 bits per heavy atom. The molecule has 0 saturated heterocycles. The SMILES string of the molecule is C[n+]1cc[nH]c1C1(C)CC1. The molecule has 1 heterocycles. The lowest BCUT2D eigenvalue weighted by molar-refractivity contribution is -0.680. The van der Waals surface area contributed by atoms with Crippen molar-refractivity contribution in [3.05, 3.63) is 18.2 Å². The highest BCUT2D eigenvalue weighted by Gasteiger charge is 2.46. The van der Waals surface area contributed by atoms with Crippen LogP contribution in [0.3, 0.4) is 0 Å². The van der Waals surface area contributed by atoms with E-state index in [1.54, 1.807) is 0 Å². The summed E-state index contributed by atoms with van der Waals surface area (Å²) in [5, 5.41) is 0. The molecule has 0 atom stereocenters. The van der Waals surface area contributed by atoms with E-state index in [4.69, 9.17) is 0 Å². The van der Waals surface area contributed by atoms with E-state index in [0.717, 1.165) is 0 Å². The van der Waals surface area contributed by atoms with E-state index in [1.165, 1.54) is 18.7 Å². The molecule has 0 aliphatic heterocycles. The van der Waals surface area contributed by atoms with Gasteiger partial charge in [-0.05, 0) is 19.8 Å². The number of nitrogens with zero attached hydrogens (tertiary/aromatic N) is 1. The smallest absolute Gasteiger partial charge is 0.247 e. The zero-order valence-corrected chi connectivity index (χ0v) is 6.52. The molecule has 2 heteroatoms. The molecule has 0 unspecified atom stereocenters. The molecular weight excluding hydrogens is 124 g/mol. The molecule has 1 aromatic heterocycles. The summed E-state index contributed by atoms with van der Waals surface area (Å²) in [7, 11) is 2.09. The first-order valence-electron chi connectivity index (χ1n) is 3.76. The molecule has 0 spiro atoms. The summed E-state index contributed by atoms with van der Waals surface area (Å²) >= 11 is 0. The van der Waals surface area contributed by atoms with Gasteiger partial charge in [0, 0.05) is 0 Å². The molecule has 0 bridgehead atoms. The topological polar surface area (TPSA) is 19.7 Å². The van der Waals surface area contributed by atoms with Crippen molar-refractivity contribution in [1.82, 2.24) is 4.98 Å². The second kappa shape index (κ2) is 1.62. The van der Waals surface area contributed by atoms with Crippen LogP contribution in [0.4, 0.5) is 0 Å². The molecule has 0 amide bonds. The van der Waals surface area contributed by atoms with Crippen LogP contribution in [0.2, 0.25) is 0 Å². The van der Waals surface area contributed by atoms with Crippen molar-refractivity contribution < 1.29 is 4.57 Å². The van der Waals surface area contributed by atoms with E-state index in [2.05, 4.69) is 29.7 Å². The molecule has 2 rings (SSSR count). The van der Waals surface area contributed by atoms with Crippen LogP contribution in [0.1, 0.15) is 25.6 Å². The molecule has 0 aromatic carbocycles. The van der Waals surface area contributed by atoms with Gasteiger partial charge in [0.05, 0.1) is 12.5 Å². The first-order chi connectivity index (χ1) is 4.72. The number of hydrogen-bond donors (Lipinski definition) is 1. The summed E-state index contributed by atoms with van der Waals surface area (Å²) in [5.74, 6) is 1.37. The first kappa shape index (κ1) is 5.96. The number of imidazole rings is 1. The van der Waals surface area contributed by atoms with Crippen LogP contribution >= 0.6 is 0 Å². The van der Waals surface area contributed by atoms with Crippen molar-refractivity contribution in [1.29, 1.82) is 0 Å². The summed E-state index contributed by atoms with van der Waals surface area (Å²) in [6.45, 7) is 2.30. The molecule has 1 aliphatic rings. The largest absolute Gasteiger partial charge is 0.259 e. The fourth-order valence-corrected chi connectivity index (χ4v) is 1.43. The van der Waals surface area contributed by atoms with E-state index in [1.807, 2.05) is 6.20 Å². The van der Waals surface area contributed by atoms with Gasteiger partial charge < -0.3 is 0 Å². The van der Waals surface area contributed by atoms with Crippen molar-refractivity contribution in [2.75, 3.05) is 0 Å². The highest BCUT2D eigenvalue weighted by molar-refractivity contribution is 5.10. The van der Waals surface area contributed by atoms with Gasteiger partial charge >= 0.3 is 0 Å². The van der Waals surface area contributed by atoms with Crippen molar-refractivity contribution in [3.63, 3.8) is 0 Å². The van der Waals surface area contributed by atoms with Crippen LogP contribution in [0.15, 0.2) is 12.4 Å². The van der Waals surface area contributed by atoms with Gasteiger partial charge in [0.1, 0.15) is 12.4 Å². The van der Waals surface area contributed by atoms with Crippen LogP contribution in [0.5, 0.6) is 0 Å². The predicted molar refractivity (Wildman–Crippen MR) is 38.6 cm³/mol. The highest BCUT2D eigenvalue weighted by Crippen LogP contribution is 2.45. The van der Waals surface area contributed by atoms with Gasteiger partial charge in [-0.3, -0.25) is 0 Å². The molecule has 1 aliphatic carbocycles. The van der Waals surface area contributed by atoms with Crippen LogP contribution in [0, 0.1) is 0 Å². The fourth-order valence-electron chi connectivity index (χ4n) is 1.43. The average molecular weight is 137 g/mol. The van der Waals surface area contributed by atoms with Gasteiger partial charge in [-0.15, -0.1) is 0 Å². The number of aromatic nitrogens is 2. The molecule has 1 N–H and O–H groups in total. The molecule has 1 fully saturated rings. The average Bonchev–Trinajstić information content (AvgIpc) is 2.44. The molecular formula is C8H13N2+. The van der Waals surface area contributed by atoms with Gasteiger partial charge in [0.2, 0.25) is 0 Å². The van der Waals surface area contributed by atoms with Crippen molar-refractivity contribution in [2.45, 2.75) is 25.2 Å². The van der Waals surface area contributed by atoms with Gasteiger partial charge in [0.25, 0.3) is 5.82 Å². The Bertz CT molecular complexity index is 246. The third kappa shape index (κ3) is 0.681. The van der Waals surface area contributed by atoms with Crippen LogP contribution in [-0.2, 0) is 12.5 Å². The second-order valence-corrected chi connectivity index (χ2v) is 3.48. The van der Waals surface area contributed by atoms with Crippen LogP contribution in [-0.4, -0.2) is 4.98 Å². The maximum Gasteiger partial charge on any atom is 0.259 e. The number of aromatic amines is 1. The van der Waals surface area contributed by atoms with E-state index in [0.29, 0.717) is 5.41 Å². The quantitative estimate of drug-likeness (QED) is 0.555. The Labute approximate surface area is 60.9 Å². The van der Waals surface area contributed by atoms with Gasteiger partial charge in [-0.1, -0.05) is 0 Å². The molecule has 54 valence electrons. The number of hydrogen-bond acceptors (Lipinski definition) is 0. The summed E-state index contributed by atoms with van der Waals surface area (Å²) in [6, 6.07) is 0. The molecule has 1 aromatic rings. The second-order valence-electron chi connectivity index (χ2n) is 3.48. The number of aryl methyl sites for hydroxylation is 1. The van der Waals surface area contributed by atoms with E-state index >= 15 is 0 Å². The third-order valence-corrected chi connectivity index (χ3v) is 2.44. The minimum atomic E-state index is 0.470. The summed E-state index contributed by atoms with van der Waals surface area (Å²) in [4.78, 5) is 3.27. The minimum absolute atomic E-state index is 0.470. The fraction of sp³-hybridized carbons (Fsp3) is 0.625. The zero-order valence-electron chi connectivity index (χ0n) is 6.52. The first-order valence-corrected chi connectivity index (χ1v) is 3.76. The Hall–Kier alpha value is -0.790. The number of nitrogens with one attached hydrogen (secondary N) is 1. The Morgan fingerprint density at radius 1 is 1.60 bits per heavy atom. The van der Waals surface area contributed by atoms with Gasteiger partial charge in [-0.2, -0.15) is 0 Å². The molecule has 2 nitrogen and oxygen atoms in total. The Kier molecular flexibility index (Phi) is 0.967. The summed E-state index contributed by atoms with van der Waals surface area (Å²) < 4.78 is 2.17. The summed E-state index contributed by atoms with van der Waals surface area (Å²) in [5.41, 5.74) is 0.470. The van der Waals surface area contributed by atoms with Crippen molar-refractivity contribution >= 4 is 0 Å². The van der Waals surface area contributed by atoms with E-state index < -0.39 is 0 Å². The van der Waals surface area contributed by atoms with Gasteiger partial charge in [0.15, 0.2) is 0 Å². The normalized spacial score (nSPS) is 21.0. The maximum atomic E-state index is 3.27. The van der Waals surface area contributed by atoms with Gasteiger partial charge in [-0.25, -0.2) is 9.55 Å². The van der Waals surface area contributed by atoms with Crippen molar-refractivity contribution in [2.24, 2.45) is 7.05 Å². The standard InChI is InChI=1S/C8H12N2/c1-8(3-4-8)7-9-5-6-10(7)2/h5-6H,3-4H2,1-2H3/p+1. The monoisotopic (exact) mass is 137 g/mol. The van der Waals surface area contributed by atoms with E-state index in [-0.39, 0.29) is 0 Å². The maximum absolute atomic E-state index is 3.27. The van der Waals surface area contributed by atoms with Crippen molar-refractivity contribution in [3.8, 4) is 0 Å². The minimum Gasteiger partial charge on any atom is -0.247 e. The lowest BCUT2D eigenvalue weighted by atomic mass is 10.1. The van der Waals surface area contributed by atoms with Crippen LogP contribution in [0.25, 0.3) is 0 Å². The lowest BCUT2D eigenvalue weighted by Crippen LogP contribution is -2.34. The molecule has 10 heavy (non-hydrogen) atoms.